The van der Waals surface area contributed by atoms with Crippen LogP contribution < -0.4 is 0 Å². The summed E-state index contributed by atoms with van der Waals surface area (Å²) in [6.45, 7) is 1.45. The summed E-state index contributed by atoms with van der Waals surface area (Å²) >= 11 is 0. The Morgan fingerprint density at radius 2 is 2.07 bits per heavy atom. The molecule has 6 heteroatoms. The lowest BCUT2D eigenvalue weighted by Gasteiger charge is -2.25. The first-order valence-electron chi connectivity index (χ1n) is 9.21. The van der Waals surface area contributed by atoms with E-state index in [0.717, 1.165) is 25.9 Å². The predicted molar refractivity (Wildman–Crippen MR) is 102 cm³/mol. The number of rotatable bonds is 6. The fraction of sp³-hybridized carbons (Fsp3) is 0.381. The standard InChI is InChI=1S/C21H24N2O4/c1-23(11-9-18-7-2-3-12-27-18)20(24)16-6-4-5-15(13-16)19-14-17(21(25)26)8-10-22-19/h4-6,8,10,13-14,18H,2-3,7,9,11-12H2,1H3,(H,25,26)/t18-/m1/s1. The lowest BCUT2D eigenvalue weighted by molar-refractivity contribution is 0.00708. The summed E-state index contributed by atoms with van der Waals surface area (Å²) in [4.78, 5) is 29.8. The van der Waals surface area contributed by atoms with Crippen LogP contribution in [0.4, 0.5) is 0 Å². The molecule has 0 radical (unpaired) electrons. The van der Waals surface area contributed by atoms with E-state index in [1.54, 1.807) is 30.1 Å². The number of carbonyl (C=O) groups is 2. The van der Waals surface area contributed by atoms with Gasteiger partial charge in [0.25, 0.3) is 5.91 Å². The van der Waals surface area contributed by atoms with Gasteiger partial charge in [-0.25, -0.2) is 4.79 Å². The summed E-state index contributed by atoms with van der Waals surface area (Å²) in [7, 11) is 1.79. The quantitative estimate of drug-likeness (QED) is 0.844. The molecule has 3 rings (SSSR count). The van der Waals surface area contributed by atoms with Crippen molar-refractivity contribution in [3.63, 3.8) is 0 Å². The Labute approximate surface area is 158 Å². The fourth-order valence-corrected chi connectivity index (χ4v) is 3.23. The van der Waals surface area contributed by atoms with Crippen molar-refractivity contribution in [1.29, 1.82) is 0 Å². The van der Waals surface area contributed by atoms with Crippen LogP contribution >= 0.6 is 0 Å². The highest BCUT2D eigenvalue weighted by Crippen LogP contribution is 2.21. The number of carboxylic acids is 1. The van der Waals surface area contributed by atoms with E-state index in [1.165, 1.54) is 24.8 Å². The molecule has 1 saturated heterocycles. The van der Waals surface area contributed by atoms with E-state index in [0.29, 0.717) is 23.4 Å². The van der Waals surface area contributed by atoms with E-state index >= 15 is 0 Å². The van der Waals surface area contributed by atoms with Gasteiger partial charge in [-0.05, 0) is 49.9 Å². The first kappa shape index (κ1) is 19.0. The van der Waals surface area contributed by atoms with E-state index in [1.807, 2.05) is 6.07 Å². The number of carboxylic acid groups (broad SMARTS) is 1. The van der Waals surface area contributed by atoms with Gasteiger partial charge in [-0.3, -0.25) is 9.78 Å². The van der Waals surface area contributed by atoms with Gasteiger partial charge < -0.3 is 14.7 Å². The number of aromatic nitrogens is 1. The van der Waals surface area contributed by atoms with Gasteiger partial charge in [0.05, 0.1) is 17.4 Å². The second-order valence-electron chi connectivity index (χ2n) is 6.82. The molecule has 0 aliphatic carbocycles. The van der Waals surface area contributed by atoms with Crippen molar-refractivity contribution in [3.05, 3.63) is 53.7 Å². The van der Waals surface area contributed by atoms with Crippen molar-refractivity contribution in [2.45, 2.75) is 31.8 Å². The van der Waals surface area contributed by atoms with Crippen molar-refractivity contribution in [2.24, 2.45) is 0 Å². The molecular formula is C21H24N2O4. The highest BCUT2D eigenvalue weighted by atomic mass is 16.5. The van der Waals surface area contributed by atoms with Gasteiger partial charge in [-0.15, -0.1) is 0 Å². The summed E-state index contributed by atoms with van der Waals surface area (Å²) in [5.74, 6) is -1.07. The van der Waals surface area contributed by atoms with Gasteiger partial charge in [0, 0.05) is 37.5 Å². The molecule has 1 aromatic carbocycles. The van der Waals surface area contributed by atoms with Crippen molar-refractivity contribution in [2.75, 3.05) is 20.2 Å². The number of hydrogen-bond acceptors (Lipinski definition) is 4. The number of aromatic carboxylic acids is 1. The van der Waals surface area contributed by atoms with E-state index in [-0.39, 0.29) is 17.6 Å². The zero-order valence-corrected chi connectivity index (χ0v) is 15.4. The smallest absolute Gasteiger partial charge is 0.335 e. The third kappa shape index (κ3) is 4.92. The molecule has 1 atom stereocenters. The van der Waals surface area contributed by atoms with Gasteiger partial charge in [-0.1, -0.05) is 12.1 Å². The summed E-state index contributed by atoms with van der Waals surface area (Å²) < 4.78 is 5.73. The topological polar surface area (TPSA) is 79.7 Å². The zero-order chi connectivity index (χ0) is 19.2. The Bertz CT molecular complexity index is 815. The maximum atomic E-state index is 12.7. The van der Waals surface area contributed by atoms with Crippen molar-refractivity contribution in [1.82, 2.24) is 9.88 Å². The second-order valence-corrected chi connectivity index (χ2v) is 6.82. The van der Waals surface area contributed by atoms with Gasteiger partial charge in [0.1, 0.15) is 0 Å². The molecule has 27 heavy (non-hydrogen) atoms. The molecule has 0 bridgehead atoms. The monoisotopic (exact) mass is 368 g/mol. The minimum atomic E-state index is -1.00. The third-order valence-electron chi connectivity index (χ3n) is 4.82. The second kappa shape index (κ2) is 8.77. The lowest BCUT2D eigenvalue weighted by atomic mass is 10.0. The Morgan fingerprint density at radius 1 is 1.22 bits per heavy atom. The van der Waals surface area contributed by atoms with Gasteiger partial charge in [-0.2, -0.15) is 0 Å². The number of ether oxygens (including phenoxy) is 1. The average Bonchev–Trinajstić information content (AvgIpc) is 2.72. The Hall–Kier alpha value is -2.73. The minimum absolute atomic E-state index is 0.0675. The largest absolute Gasteiger partial charge is 0.478 e. The van der Waals surface area contributed by atoms with E-state index < -0.39 is 5.97 Å². The maximum absolute atomic E-state index is 12.7. The number of pyridine rings is 1. The number of nitrogens with zero attached hydrogens (tertiary/aromatic N) is 2. The van der Waals surface area contributed by atoms with Crippen LogP contribution in [0.3, 0.4) is 0 Å². The predicted octanol–water partition coefficient (Wildman–Crippen LogP) is 3.48. The Balaban J connectivity index is 1.69. The van der Waals surface area contributed by atoms with Gasteiger partial charge in [0.15, 0.2) is 0 Å². The van der Waals surface area contributed by atoms with Crippen LogP contribution in [0.15, 0.2) is 42.6 Å². The van der Waals surface area contributed by atoms with Crippen LogP contribution in [0.5, 0.6) is 0 Å². The van der Waals surface area contributed by atoms with E-state index in [4.69, 9.17) is 9.84 Å². The number of hydrogen-bond donors (Lipinski definition) is 1. The molecule has 6 nitrogen and oxygen atoms in total. The summed E-state index contributed by atoms with van der Waals surface area (Å²) in [5, 5.41) is 9.14. The lowest BCUT2D eigenvalue weighted by Crippen LogP contribution is -2.31. The SMILES string of the molecule is CN(CC[C@H]1CCCCO1)C(=O)c1cccc(-c2cc(C(=O)O)ccn2)c1. The molecule has 0 saturated carbocycles. The Kier molecular flexibility index (Phi) is 6.19. The first-order valence-corrected chi connectivity index (χ1v) is 9.21. The molecule has 2 aromatic rings. The van der Waals surface area contributed by atoms with Crippen molar-refractivity contribution >= 4 is 11.9 Å². The number of carbonyl (C=O) groups excluding carboxylic acids is 1. The average molecular weight is 368 g/mol. The molecule has 1 aromatic heterocycles. The molecule has 1 aliphatic rings. The molecule has 1 fully saturated rings. The van der Waals surface area contributed by atoms with Crippen LogP contribution in [0.1, 0.15) is 46.4 Å². The molecule has 0 unspecified atom stereocenters. The molecule has 1 amide bonds. The molecule has 1 N–H and O–H groups in total. The van der Waals surface area contributed by atoms with Crippen LogP contribution in [0.2, 0.25) is 0 Å². The van der Waals surface area contributed by atoms with Gasteiger partial charge in [0.2, 0.25) is 0 Å². The van der Waals surface area contributed by atoms with E-state index in [2.05, 4.69) is 4.98 Å². The fourth-order valence-electron chi connectivity index (χ4n) is 3.23. The van der Waals surface area contributed by atoms with Crippen molar-refractivity contribution < 1.29 is 19.4 Å². The third-order valence-corrected chi connectivity index (χ3v) is 4.82. The summed E-state index contributed by atoms with van der Waals surface area (Å²) in [5.41, 5.74) is 1.97. The highest BCUT2D eigenvalue weighted by molar-refractivity contribution is 5.95. The molecule has 0 spiro atoms. The van der Waals surface area contributed by atoms with Crippen LogP contribution in [-0.2, 0) is 4.74 Å². The Morgan fingerprint density at radius 3 is 2.81 bits per heavy atom. The van der Waals surface area contributed by atoms with Crippen LogP contribution in [0.25, 0.3) is 11.3 Å². The summed E-state index contributed by atoms with van der Waals surface area (Å²) in [6, 6.07) is 10.1. The zero-order valence-electron chi connectivity index (χ0n) is 15.4. The summed E-state index contributed by atoms with van der Waals surface area (Å²) in [6.07, 6.45) is 5.90. The van der Waals surface area contributed by atoms with Crippen LogP contribution in [0, 0.1) is 0 Å². The van der Waals surface area contributed by atoms with Gasteiger partial charge >= 0.3 is 5.97 Å². The molecular weight excluding hydrogens is 344 g/mol. The molecule has 142 valence electrons. The van der Waals surface area contributed by atoms with Crippen LogP contribution in [-0.4, -0.2) is 53.2 Å². The highest BCUT2D eigenvalue weighted by Gasteiger charge is 2.18. The number of benzene rings is 1. The molecule has 2 heterocycles. The van der Waals surface area contributed by atoms with Crippen molar-refractivity contribution in [3.8, 4) is 11.3 Å². The minimum Gasteiger partial charge on any atom is -0.478 e. The number of amides is 1. The van der Waals surface area contributed by atoms with E-state index in [9.17, 15) is 9.59 Å². The first-order chi connectivity index (χ1) is 13.0. The molecule has 1 aliphatic heterocycles. The maximum Gasteiger partial charge on any atom is 0.335 e. The normalized spacial score (nSPS) is 16.7.